The van der Waals surface area contributed by atoms with Gasteiger partial charge in [0.05, 0.1) is 24.4 Å². The lowest BCUT2D eigenvalue weighted by molar-refractivity contribution is 0.0651. The fraction of sp³-hybridized carbons (Fsp3) is 0.367. The number of hydrogen-bond donors (Lipinski definition) is 4. The molecule has 0 aliphatic rings. The lowest BCUT2D eigenvalue weighted by Crippen LogP contribution is -2.68. The summed E-state index contributed by atoms with van der Waals surface area (Å²) in [7, 11) is -2.81. The Hall–Kier alpha value is -3.84. The summed E-state index contributed by atoms with van der Waals surface area (Å²) in [5.41, 5.74) is 5.00. The van der Waals surface area contributed by atoms with Crippen LogP contribution >= 0.6 is 0 Å². The Bertz CT molecular complexity index is 1610. The van der Waals surface area contributed by atoms with E-state index in [-0.39, 0.29) is 28.3 Å². The summed E-state index contributed by atoms with van der Waals surface area (Å²) in [4.78, 5) is 13.1. The van der Waals surface area contributed by atoms with E-state index < -0.39 is 27.9 Å². The van der Waals surface area contributed by atoms with E-state index in [2.05, 4.69) is 10.0 Å². The second-order valence-corrected chi connectivity index (χ2v) is 12.7. The molecule has 0 spiro atoms. The molecule has 5 N–H and O–H groups in total. The van der Waals surface area contributed by atoms with Crippen LogP contribution in [0.5, 0.6) is 11.5 Å². The average molecular weight is 600 g/mol. The third kappa shape index (κ3) is 7.13. The third-order valence-electron chi connectivity index (χ3n) is 7.10. The maximum absolute atomic E-state index is 13.9. The highest BCUT2D eigenvalue weighted by molar-refractivity contribution is 7.89. The van der Waals surface area contributed by atoms with Gasteiger partial charge in [0.1, 0.15) is 23.1 Å². The molecule has 11 nitrogen and oxygen atoms in total. The standard InChI is InChI=1S/C30H37N3O8S/c1-20(34)30(17-21-8-6-5-7-9-21,32-28(35)41-26-19-40-27-24(26)12-15-39-27)33-42(36,37)23-10-11-25(38-4)22(16-23)18-29(2,3)13-14-31/h5-12,15-16,19-20,33-34H,13-14,17-18,31H2,1-4H3,(H,32,35)/t20-,30+/m1/s1. The Morgan fingerprint density at radius 1 is 1.07 bits per heavy atom. The number of ether oxygens (including phenoxy) is 2. The van der Waals surface area contributed by atoms with E-state index in [1.807, 2.05) is 13.8 Å². The van der Waals surface area contributed by atoms with E-state index in [1.165, 1.54) is 38.7 Å². The molecule has 4 rings (SSSR count). The number of furan rings is 2. The average Bonchev–Trinajstić information content (AvgIpc) is 3.54. The van der Waals surface area contributed by atoms with Gasteiger partial charge in [-0.05, 0) is 67.1 Å². The van der Waals surface area contributed by atoms with E-state index in [0.717, 1.165) is 6.42 Å². The molecule has 12 heteroatoms. The van der Waals surface area contributed by atoms with Crippen LogP contribution in [0.25, 0.3) is 11.2 Å². The smallest absolute Gasteiger partial charge is 0.414 e. The van der Waals surface area contributed by atoms with Crippen LogP contribution in [-0.2, 0) is 22.9 Å². The van der Waals surface area contributed by atoms with Crippen LogP contribution in [0, 0.1) is 5.41 Å². The van der Waals surface area contributed by atoms with Crippen molar-refractivity contribution < 1.29 is 36.6 Å². The summed E-state index contributed by atoms with van der Waals surface area (Å²) in [5.74, 6) is 0.769. The molecule has 2 heterocycles. The number of benzene rings is 2. The molecular formula is C30H37N3O8S. The van der Waals surface area contributed by atoms with Crippen molar-refractivity contribution in [1.29, 1.82) is 0 Å². The molecule has 0 unspecified atom stereocenters. The molecule has 0 radical (unpaired) electrons. The van der Waals surface area contributed by atoms with Gasteiger partial charge in [-0.2, -0.15) is 4.72 Å². The molecule has 0 fully saturated rings. The Morgan fingerprint density at radius 3 is 2.48 bits per heavy atom. The van der Waals surface area contributed by atoms with Crippen molar-refractivity contribution in [2.24, 2.45) is 11.1 Å². The molecule has 42 heavy (non-hydrogen) atoms. The number of aliphatic hydroxyl groups excluding tert-OH is 1. The summed E-state index contributed by atoms with van der Waals surface area (Å²) in [6.07, 6.45) is 1.30. The van der Waals surface area contributed by atoms with E-state index >= 15 is 0 Å². The Kier molecular flexibility index (Phi) is 9.31. The molecule has 226 valence electrons. The lowest BCUT2D eigenvalue weighted by Gasteiger charge is -2.37. The summed E-state index contributed by atoms with van der Waals surface area (Å²) in [6, 6.07) is 15.0. The molecule has 2 aromatic heterocycles. The highest BCUT2D eigenvalue weighted by Gasteiger charge is 2.42. The van der Waals surface area contributed by atoms with Gasteiger partial charge in [0, 0.05) is 6.42 Å². The minimum absolute atomic E-state index is 0.0648. The number of carbonyl (C=O) groups is 1. The Labute approximate surface area is 245 Å². The van der Waals surface area contributed by atoms with Gasteiger partial charge in [-0.15, -0.1) is 0 Å². The summed E-state index contributed by atoms with van der Waals surface area (Å²) in [5, 5.41) is 14.0. The number of nitrogens with two attached hydrogens (primary N) is 1. The van der Waals surface area contributed by atoms with E-state index in [0.29, 0.717) is 35.2 Å². The fourth-order valence-corrected chi connectivity index (χ4v) is 6.28. The van der Waals surface area contributed by atoms with Crippen LogP contribution in [0.3, 0.4) is 0 Å². The largest absolute Gasteiger partial charge is 0.496 e. The first-order valence-corrected chi connectivity index (χ1v) is 14.9. The van der Waals surface area contributed by atoms with E-state index in [4.69, 9.17) is 24.0 Å². The molecule has 0 aliphatic heterocycles. The summed E-state index contributed by atoms with van der Waals surface area (Å²) in [6.45, 7) is 5.96. The van der Waals surface area contributed by atoms with E-state index in [1.54, 1.807) is 42.5 Å². The highest BCUT2D eigenvalue weighted by Crippen LogP contribution is 2.33. The maximum atomic E-state index is 13.9. The number of aliphatic hydroxyl groups is 1. The molecule has 2 aromatic carbocycles. The summed E-state index contributed by atoms with van der Waals surface area (Å²) < 4.78 is 51.8. The van der Waals surface area contributed by atoms with Gasteiger partial charge in [0.15, 0.2) is 5.75 Å². The van der Waals surface area contributed by atoms with E-state index in [9.17, 15) is 18.3 Å². The first-order valence-electron chi connectivity index (χ1n) is 13.5. The number of methoxy groups -OCH3 is 1. The zero-order chi connectivity index (χ0) is 30.5. The molecule has 4 aromatic rings. The van der Waals surface area contributed by atoms with Gasteiger partial charge >= 0.3 is 11.9 Å². The Balaban J connectivity index is 1.70. The number of rotatable bonds is 13. The quantitative estimate of drug-likeness (QED) is 0.164. The molecule has 0 saturated heterocycles. The summed E-state index contributed by atoms with van der Waals surface area (Å²) >= 11 is 0. The van der Waals surface area contributed by atoms with Crippen LogP contribution in [0.4, 0.5) is 4.79 Å². The second kappa shape index (κ2) is 12.6. The van der Waals surface area contributed by atoms with Gasteiger partial charge in [-0.25, -0.2) is 13.2 Å². The first kappa shape index (κ1) is 31.1. The van der Waals surface area contributed by atoms with Crippen LogP contribution < -0.4 is 25.2 Å². The SMILES string of the molecule is COc1ccc(S(=O)(=O)N[C@](Cc2ccccc2)(NC(=O)Oc2coc3occc23)[C@@H](C)O)cc1CC(C)(C)CCN. The zero-order valence-electron chi connectivity index (χ0n) is 24.0. The van der Waals surface area contributed by atoms with Gasteiger partial charge in [-0.1, -0.05) is 44.2 Å². The fourth-order valence-electron chi connectivity index (χ4n) is 4.84. The minimum Gasteiger partial charge on any atom is -0.496 e. The lowest BCUT2D eigenvalue weighted by atomic mass is 9.82. The Morgan fingerprint density at radius 2 is 1.81 bits per heavy atom. The van der Waals surface area contributed by atoms with Crippen LogP contribution in [0.2, 0.25) is 0 Å². The molecule has 0 bridgehead atoms. The number of carbonyl (C=O) groups excluding carboxylic acids is 1. The molecular weight excluding hydrogens is 562 g/mol. The minimum atomic E-state index is -4.33. The van der Waals surface area contributed by atoms with Crippen molar-refractivity contribution in [1.82, 2.24) is 10.0 Å². The monoisotopic (exact) mass is 599 g/mol. The van der Waals surface area contributed by atoms with Crippen molar-refractivity contribution in [3.63, 3.8) is 0 Å². The predicted octanol–water partition coefficient (Wildman–Crippen LogP) is 4.34. The van der Waals surface area contributed by atoms with Gasteiger partial charge in [0.2, 0.25) is 10.0 Å². The maximum Gasteiger partial charge on any atom is 0.414 e. The van der Waals surface area contributed by atoms with Crippen LogP contribution in [0.1, 0.15) is 38.3 Å². The van der Waals surface area contributed by atoms with Crippen LogP contribution in [0.15, 0.2) is 80.9 Å². The third-order valence-corrected chi connectivity index (χ3v) is 8.61. The predicted molar refractivity (Wildman–Crippen MR) is 157 cm³/mol. The molecule has 2 atom stereocenters. The number of hydrogen-bond acceptors (Lipinski definition) is 9. The number of amides is 1. The molecule has 1 amide bonds. The highest BCUT2D eigenvalue weighted by atomic mass is 32.2. The second-order valence-electron chi connectivity index (χ2n) is 11.0. The number of sulfonamides is 1. The van der Waals surface area contributed by atoms with Crippen molar-refractivity contribution in [2.75, 3.05) is 13.7 Å². The number of fused-ring (bicyclic) bond motifs is 1. The molecule has 0 saturated carbocycles. The van der Waals surface area contributed by atoms with Gasteiger partial charge in [0.25, 0.3) is 0 Å². The molecule has 0 aliphatic carbocycles. The van der Waals surface area contributed by atoms with Crippen molar-refractivity contribution in [3.05, 3.63) is 78.3 Å². The van der Waals surface area contributed by atoms with Crippen LogP contribution in [-0.4, -0.2) is 45.0 Å². The van der Waals surface area contributed by atoms with Crippen molar-refractivity contribution in [2.45, 2.75) is 56.7 Å². The normalized spacial score (nSPS) is 14.3. The topological polar surface area (TPSA) is 166 Å². The number of nitrogens with one attached hydrogen (secondary N) is 2. The van der Waals surface area contributed by atoms with Crippen molar-refractivity contribution >= 4 is 27.3 Å². The first-order chi connectivity index (χ1) is 19.9. The van der Waals surface area contributed by atoms with Gasteiger partial charge in [-0.3, -0.25) is 5.32 Å². The van der Waals surface area contributed by atoms with Gasteiger partial charge < -0.3 is 29.1 Å². The van der Waals surface area contributed by atoms with Crippen molar-refractivity contribution in [3.8, 4) is 11.5 Å². The zero-order valence-corrected chi connectivity index (χ0v) is 24.9.